The SMILES string of the molecule is CC(C)CC[C@@H](c1cc(O)c(O)c([N+](=O)[O-])c1)N1CCNCC1.Cl.Cl. The summed E-state index contributed by atoms with van der Waals surface area (Å²) >= 11 is 0. The summed E-state index contributed by atoms with van der Waals surface area (Å²) in [6, 6.07) is 2.85. The number of phenols is 2. The second-order valence-electron chi connectivity index (χ2n) is 6.44. The maximum absolute atomic E-state index is 11.1. The first-order chi connectivity index (χ1) is 10.9. The predicted molar refractivity (Wildman–Crippen MR) is 102 cm³/mol. The Morgan fingerprint density at radius 3 is 2.32 bits per heavy atom. The van der Waals surface area contributed by atoms with Gasteiger partial charge in [-0.1, -0.05) is 13.8 Å². The number of nitrogens with one attached hydrogen (secondary N) is 1. The minimum atomic E-state index is -0.665. The number of nitro benzene ring substituents is 1. The predicted octanol–water partition coefficient (Wildman–Crippen LogP) is 3.23. The summed E-state index contributed by atoms with van der Waals surface area (Å²) in [4.78, 5) is 12.7. The van der Waals surface area contributed by atoms with E-state index in [1.54, 1.807) is 0 Å². The third-order valence-corrected chi connectivity index (χ3v) is 4.28. The van der Waals surface area contributed by atoms with Crippen molar-refractivity contribution in [1.29, 1.82) is 0 Å². The van der Waals surface area contributed by atoms with Crippen LogP contribution in [0, 0.1) is 16.0 Å². The van der Waals surface area contributed by atoms with Crippen LogP contribution in [0.25, 0.3) is 0 Å². The number of nitrogens with zero attached hydrogens (tertiary/aromatic N) is 2. The van der Waals surface area contributed by atoms with E-state index in [-0.39, 0.29) is 30.9 Å². The molecule has 0 bridgehead atoms. The van der Waals surface area contributed by atoms with Gasteiger partial charge in [-0.3, -0.25) is 15.0 Å². The van der Waals surface area contributed by atoms with Gasteiger partial charge in [0.25, 0.3) is 0 Å². The first kappa shape index (κ1) is 23.7. The summed E-state index contributed by atoms with van der Waals surface area (Å²) in [5, 5.41) is 34.0. The van der Waals surface area contributed by atoms with Gasteiger partial charge in [0.2, 0.25) is 5.75 Å². The molecule has 0 amide bonds. The molecule has 1 aliphatic rings. The highest BCUT2D eigenvalue weighted by Gasteiger charge is 2.27. The summed E-state index contributed by atoms with van der Waals surface area (Å²) in [6.45, 7) is 7.77. The second-order valence-corrected chi connectivity index (χ2v) is 6.44. The lowest BCUT2D eigenvalue weighted by molar-refractivity contribution is -0.386. The van der Waals surface area contributed by atoms with Crippen LogP contribution in [0.1, 0.15) is 38.3 Å². The minimum Gasteiger partial charge on any atom is -0.504 e. The molecule has 1 atom stereocenters. The van der Waals surface area contributed by atoms with Crippen molar-refractivity contribution in [2.24, 2.45) is 5.92 Å². The highest BCUT2D eigenvalue weighted by atomic mass is 35.5. The lowest BCUT2D eigenvalue weighted by Gasteiger charge is -2.35. The van der Waals surface area contributed by atoms with Crippen molar-refractivity contribution in [3.63, 3.8) is 0 Å². The van der Waals surface area contributed by atoms with Crippen molar-refractivity contribution in [2.45, 2.75) is 32.7 Å². The summed E-state index contributed by atoms with van der Waals surface area (Å²) in [5.74, 6) is -0.568. The Balaban J connectivity index is 0.00000288. The van der Waals surface area contributed by atoms with Gasteiger partial charge in [0.05, 0.1) is 4.92 Å². The van der Waals surface area contributed by atoms with E-state index in [1.807, 2.05) is 0 Å². The molecule has 0 spiro atoms. The fourth-order valence-corrected chi connectivity index (χ4v) is 3.00. The molecular formula is C16H27Cl2N3O4. The molecule has 0 unspecified atom stereocenters. The lowest BCUT2D eigenvalue weighted by atomic mass is 9.95. The molecule has 144 valence electrons. The second kappa shape index (κ2) is 10.7. The van der Waals surface area contributed by atoms with Crippen molar-refractivity contribution >= 4 is 30.5 Å². The van der Waals surface area contributed by atoms with Crippen molar-refractivity contribution in [3.8, 4) is 11.5 Å². The zero-order valence-electron chi connectivity index (χ0n) is 14.5. The number of nitro groups is 1. The Bertz CT molecular complexity index is 567. The Hall–Kier alpha value is -1.28. The van der Waals surface area contributed by atoms with Crippen molar-refractivity contribution < 1.29 is 15.1 Å². The maximum atomic E-state index is 11.1. The van der Waals surface area contributed by atoms with Gasteiger partial charge in [0.15, 0.2) is 5.75 Å². The van der Waals surface area contributed by atoms with Crippen molar-refractivity contribution in [3.05, 3.63) is 27.8 Å². The number of benzene rings is 1. The van der Waals surface area contributed by atoms with E-state index in [4.69, 9.17) is 0 Å². The number of hydrogen-bond donors (Lipinski definition) is 3. The molecule has 2 rings (SSSR count). The van der Waals surface area contributed by atoms with Crippen LogP contribution < -0.4 is 5.32 Å². The number of hydrogen-bond acceptors (Lipinski definition) is 6. The van der Waals surface area contributed by atoms with E-state index in [1.165, 1.54) is 12.1 Å². The fraction of sp³-hybridized carbons (Fsp3) is 0.625. The molecule has 1 saturated heterocycles. The number of halogens is 2. The zero-order chi connectivity index (χ0) is 17.0. The van der Waals surface area contributed by atoms with Crippen LogP contribution in [-0.4, -0.2) is 46.2 Å². The van der Waals surface area contributed by atoms with Gasteiger partial charge >= 0.3 is 5.69 Å². The Labute approximate surface area is 160 Å². The average molecular weight is 396 g/mol. The van der Waals surface area contributed by atoms with E-state index >= 15 is 0 Å². The van der Waals surface area contributed by atoms with Crippen molar-refractivity contribution in [2.75, 3.05) is 26.2 Å². The van der Waals surface area contributed by atoms with Crippen LogP contribution in [0.2, 0.25) is 0 Å². The molecule has 1 aromatic rings. The molecular weight excluding hydrogens is 369 g/mol. The average Bonchev–Trinajstić information content (AvgIpc) is 2.51. The smallest absolute Gasteiger partial charge is 0.314 e. The van der Waals surface area contributed by atoms with Gasteiger partial charge in [-0.25, -0.2) is 0 Å². The Morgan fingerprint density at radius 1 is 1.20 bits per heavy atom. The molecule has 1 aliphatic heterocycles. The quantitative estimate of drug-likeness (QED) is 0.388. The van der Waals surface area contributed by atoms with Gasteiger partial charge in [0.1, 0.15) is 0 Å². The monoisotopic (exact) mass is 395 g/mol. The van der Waals surface area contributed by atoms with Crippen molar-refractivity contribution in [1.82, 2.24) is 10.2 Å². The third-order valence-electron chi connectivity index (χ3n) is 4.28. The topological polar surface area (TPSA) is 98.9 Å². The molecule has 3 N–H and O–H groups in total. The lowest BCUT2D eigenvalue weighted by Crippen LogP contribution is -2.45. The summed E-state index contributed by atoms with van der Waals surface area (Å²) in [5.41, 5.74) is 0.249. The molecule has 0 saturated carbocycles. The molecule has 0 aliphatic carbocycles. The largest absolute Gasteiger partial charge is 0.504 e. The first-order valence-corrected chi connectivity index (χ1v) is 8.05. The van der Waals surface area contributed by atoms with Crippen LogP contribution in [0.4, 0.5) is 5.69 Å². The fourth-order valence-electron chi connectivity index (χ4n) is 3.00. The van der Waals surface area contributed by atoms with Gasteiger partial charge < -0.3 is 15.5 Å². The van der Waals surface area contributed by atoms with Gasteiger partial charge in [-0.2, -0.15) is 0 Å². The Kier molecular flexibility index (Phi) is 10.1. The number of aromatic hydroxyl groups is 2. The van der Waals surface area contributed by atoms with Gasteiger partial charge in [0, 0.05) is 38.3 Å². The zero-order valence-corrected chi connectivity index (χ0v) is 16.1. The molecule has 1 aromatic carbocycles. The molecule has 1 fully saturated rings. The maximum Gasteiger partial charge on any atom is 0.314 e. The third kappa shape index (κ3) is 6.18. The highest BCUT2D eigenvalue weighted by molar-refractivity contribution is 5.85. The normalized spacial score (nSPS) is 16.0. The molecule has 0 aromatic heterocycles. The van der Waals surface area contributed by atoms with Crippen LogP contribution >= 0.6 is 24.8 Å². The highest BCUT2D eigenvalue weighted by Crippen LogP contribution is 2.40. The number of rotatable bonds is 6. The molecule has 7 nitrogen and oxygen atoms in total. The van der Waals surface area contributed by atoms with Crippen LogP contribution in [-0.2, 0) is 0 Å². The number of phenolic OH excluding ortho intramolecular Hbond substituents is 2. The van der Waals surface area contributed by atoms with E-state index in [9.17, 15) is 20.3 Å². The van der Waals surface area contributed by atoms with Crippen LogP contribution in [0.5, 0.6) is 11.5 Å². The standard InChI is InChI=1S/C16H25N3O4.2ClH/c1-11(2)3-4-13(18-7-5-17-6-8-18)12-9-14(19(22)23)16(21)15(20)10-12;;/h9-11,13,17,20-21H,3-8H2,1-2H3;2*1H/t13-;;/m0../s1. The summed E-state index contributed by atoms with van der Waals surface area (Å²) in [7, 11) is 0. The first-order valence-electron chi connectivity index (χ1n) is 8.05. The molecule has 1 heterocycles. The molecule has 25 heavy (non-hydrogen) atoms. The summed E-state index contributed by atoms with van der Waals surface area (Å²) < 4.78 is 0. The molecule has 9 heteroatoms. The van der Waals surface area contributed by atoms with E-state index in [2.05, 4.69) is 24.1 Å². The van der Waals surface area contributed by atoms with E-state index < -0.39 is 22.1 Å². The molecule has 0 radical (unpaired) electrons. The number of piperazine rings is 1. The van der Waals surface area contributed by atoms with E-state index in [0.29, 0.717) is 11.5 Å². The van der Waals surface area contributed by atoms with Crippen LogP contribution in [0.15, 0.2) is 12.1 Å². The minimum absolute atomic E-state index is 0. The van der Waals surface area contributed by atoms with E-state index in [0.717, 1.165) is 39.0 Å². The van der Waals surface area contributed by atoms with Gasteiger partial charge in [-0.15, -0.1) is 24.8 Å². The summed E-state index contributed by atoms with van der Waals surface area (Å²) in [6.07, 6.45) is 1.85. The Morgan fingerprint density at radius 2 is 1.80 bits per heavy atom. The van der Waals surface area contributed by atoms with Gasteiger partial charge in [-0.05, 0) is 30.4 Å². The van der Waals surface area contributed by atoms with Crippen LogP contribution in [0.3, 0.4) is 0 Å².